The third kappa shape index (κ3) is 3.96. The van der Waals surface area contributed by atoms with E-state index in [-0.39, 0.29) is 4.90 Å². The SMILES string of the molecule is NS(=O)(=O)c1ccc(NCc2ccc(Cl)cc2Br)cc1. The molecule has 2 rings (SSSR count). The van der Waals surface area contributed by atoms with Gasteiger partial charge in [0.1, 0.15) is 0 Å². The minimum atomic E-state index is -3.65. The Bertz CT molecular complexity index is 718. The molecule has 20 heavy (non-hydrogen) atoms. The van der Waals surface area contributed by atoms with Crippen molar-refractivity contribution in [3.63, 3.8) is 0 Å². The van der Waals surface area contributed by atoms with E-state index >= 15 is 0 Å². The average molecular weight is 376 g/mol. The highest BCUT2D eigenvalue weighted by atomic mass is 79.9. The van der Waals surface area contributed by atoms with Gasteiger partial charge in [-0.3, -0.25) is 0 Å². The molecule has 0 amide bonds. The summed E-state index contributed by atoms with van der Waals surface area (Å²) in [5.74, 6) is 0. The Balaban J connectivity index is 2.08. The van der Waals surface area contributed by atoms with Gasteiger partial charge < -0.3 is 5.32 Å². The number of rotatable bonds is 4. The van der Waals surface area contributed by atoms with Crippen LogP contribution >= 0.6 is 27.5 Å². The fourth-order valence-electron chi connectivity index (χ4n) is 1.62. The molecule has 4 nitrogen and oxygen atoms in total. The van der Waals surface area contributed by atoms with Gasteiger partial charge in [0.05, 0.1) is 4.90 Å². The van der Waals surface area contributed by atoms with Gasteiger partial charge in [-0.15, -0.1) is 0 Å². The number of hydrogen-bond acceptors (Lipinski definition) is 3. The largest absolute Gasteiger partial charge is 0.381 e. The molecule has 0 saturated heterocycles. The molecular formula is C13H12BrClN2O2S. The Morgan fingerprint density at radius 3 is 2.35 bits per heavy atom. The summed E-state index contributed by atoms with van der Waals surface area (Å²) in [5, 5.41) is 8.90. The molecule has 0 aliphatic carbocycles. The Morgan fingerprint density at radius 2 is 1.80 bits per heavy atom. The zero-order valence-electron chi connectivity index (χ0n) is 10.3. The van der Waals surface area contributed by atoms with Crippen LogP contribution in [0, 0.1) is 0 Å². The summed E-state index contributed by atoms with van der Waals surface area (Å²) in [6.07, 6.45) is 0. The van der Waals surface area contributed by atoms with Gasteiger partial charge in [-0.2, -0.15) is 0 Å². The van der Waals surface area contributed by atoms with E-state index in [1.54, 1.807) is 12.1 Å². The number of nitrogens with two attached hydrogens (primary N) is 1. The Morgan fingerprint density at radius 1 is 1.15 bits per heavy atom. The first-order valence-electron chi connectivity index (χ1n) is 5.67. The molecule has 0 spiro atoms. The quantitative estimate of drug-likeness (QED) is 0.860. The van der Waals surface area contributed by atoms with Crippen LogP contribution in [-0.2, 0) is 16.6 Å². The lowest BCUT2D eigenvalue weighted by Crippen LogP contribution is -2.12. The van der Waals surface area contributed by atoms with Crippen LogP contribution < -0.4 is 10.5 Å². The van der Waals surface area contributed by atoms with Crippen molar-refractivity contribution in [1.29, 1.82) is 0 Å². The van der Waals surface area contributed by atoms with Crippen molar-refractivity contribution in [2.24, 2.45) is 5.14 Å². The zero-order valence-corrected chi connectivity index (χ0v) is 13.5. The number of anilines is 1. The monoisotopic (exact) mass is 374 g/mol. The van der Waals surface area contributed by atoms with Crippen LogP contribution in [0.15, 0.2) is 51.8 Å². The van der Waals surface area contributed by atoms with Crippen molar-refractivity contribution in [2.45, 2.75) is 11.4 Å². The lowest BCUT2D eigenvalue weighted by molar-refractivity contribution is 0.598. The third-order valence-electron chi connectivity index (χ3n) is 2.68. The molecule has 0 fully saturated rings. The van der Waals surface area contributed by atoms with E-state index in [2.05, 4.69) is 21.2 Å². The molecule has 0 aliphatic rings. The third-order valence-corrected chi connectivity index (χ3v) is 4.58. The van der Waals surface area contributed by atoms with Gasteiger partial charge >= 0.3 is 0 Å². The Hall–Kier alpha value is -1.08. The van der Waals surface area contributed by atoms with Gasteiger partial charge in [0.25, 0.3) is 0 Å². The summed E-state index contributed by atoms with van der Waals surface area (Å²) in [5.41, 5.74) is 1.85. The minimum absolute atomic E-state index is 0.0933. The van der Waals surface area contributed by atoms with Crippen LogP contribution in [-0.4, -0.2) is 8.42 Å². The Labute approximate surface area is 131 Å². The number of sulfonamides is 1. The summed E-state index contributed by atoms with van der Waals surface area (Å²) >= 11 is 9.31. The summed E-state index contributed by atoms with van der Waals surface area (Å²) in [6, 6.07) is 11.8. The number of halogens is 2. The Kier molecular flexibility index (Phi) is 4.70. The highest BCUT2D eigenvalue weighted by Gasteiger charge is 2.06. The predicted molar refractivity (Wildman–Crippen MR) is 84.3 cm³/mol. The maximum atomic E-state index is 11.1. The number of nitrogens with one attached hydrogen (secondary N) is 1. The standard InChI is InChI=1S/C13H12BrClN2O2S/c14-13-7-10(15)2-1-9(13)8-17-11-3-5-12(6-4-11)20(16,18)19/h1-7,17H,8H2,(H2,16,18,19). The molecule has 0 saturated carbocycles. The molecule has 0 heterocycles. The van der Waals surface area contributed by atoms with E-state index < -0.39 is 10.0 Å². The fourth-order valence-corrected chi connectivity index (χ4v) is 2.96. The van der Waals surface area contributed by atoms with Crippen LogP contribution in [0.5, 0.6) is 0 Å². The molecule has 0 unspecified atom stereocenters. The minimum Gasteiger partial charge on any atom is -0.381 e. The highest BCUT2D eigenvalue weighted by molar-refractivity contribution is 9.10. The van der Waals surface area contributed by atoms with E-state index in [0.717, 1.165) is 15.7 Å². The van der Waals surface area contributed by atoms with Gasteiger partial charge in [-0.25, -0.2) is 13.6 Å². The van der Waals surface area contributed by atoms with E-state index in [4.69, 9.17) is 16.7 Å². The van der Waals surface area contributed by atoms with Crippen molar-refractivity contribution in [3.8, 4) is 0 Å². The highest BCUT2D eigenvalue weighted by Crippen LogP contribution is 2.22. The first-order valence-corrected chi connectivity index (χ1v) is 8.38. The predicted octanol–water partition coefficient (Wildman–Crippen LogP) is 3.36. The van der Waals surface area contributed by atoms with Crippen LogP contribution in [0.25, 0.3) is 0 Å². The zero-order chi connectivity index (χ0) is 14.8. The number of primary sulfonamides is 1. The van der Waals surface area contributed by atoms with Crippen molar-refractivity contribution < 1.29 is 8.42 Å². The molecule has 0 aromatic heterocycles. The molecule has 3 N–H and O–H groups in total. The van der Waals surface area contributed by atoms with Crippen molar-refractivity contribution in [3.05, 3.63) is 57.5 Å². The second-order valence-corrected chi connectivity index (χ2v) is 7.01. The average Bonchev–Trinajstić information content (AvgIpc) is 2.37. The molecule has 7 heteroatoms. The van der Waals surface area contributed by atoms with Crippen LogP contribution in [0.3, 0.4) is 0 Å². The lowest BCUT2D eigenvalue weighted by Gasteiger charge is -2.09. The van der Waals surface area contributed by atoms with E-state index in [0.29, 0.717) is 11.6 Å². The van der Waals surface area contributed by atoms with Crippen LogP contribution in [0.2, 0.25) is 5.02 Å². The number of hydrogen-bond donors (Lipinski definition) is 2. The molecule has 106 valence electrons. The fraction of sp³-hybridized carbons (Fsp3) is 0.0769. The first-order chi connectivity index (χ1) is 9.36. The topological polar surface area (TPSA) is 72.2 Å². The van der Waals surface area contributed by atoms with E-state index in [9.17, 15) is 8.42 Å². The van der Waals surface area contributed by atoms with Crippen LogP contribution in [0.1, 0.15) is 5.56 Å². The summed E-state index contributed by atoms with van der Waals surface area (Å²) in [6.45, 7) is 0.590. The van der Waals surface area contributed by atoms with Crippen molar-refractivity contribution in [1.82, 2.24) is 0 Å². The number of benzene rings is 2. The molecule has 0 bridgehead atoms. The molecule has 0 aliphatic heterocycles. The van der Waals surface area contributed by atoms with Crippen molar-refractivity contribution in [2.75, 3.05) is 5.32 Å². The van der Waals surface area contributed by atoms with E-state index in [1.165, 1.54) is 12.1 Å². The van der Waals surface area contributed by atoms with Gasteiger partial charge in [0, 0.05) is 21.7 Å². The second-order valence-electron chi connectivity index (χ2n) is 4.16. The smallest absolute Gasteiger partial charge is 0.238 e. The van der Waals surface area contributed by atoms with Gasteiger partial charge in [0.2, 0.25) is 10.0 Å². The summed E-state index contributed by atoms with van der Waals surface area (Å²) in [4.78, 5) is 0.0933. The molecule has 0 radical (unpaired) electrons. The van der Waals surface area contributed by atoms with Crippen LogP contribution in [0.4, 0.5) is 5.69 Å². The first kappa shape index (κ1) is 15.3. The van der Waals surface area contributed by atoms with Gasteiger partial charge in [-0.05, 0) is 42.0 Å². The second kappa shape index (κ2) is 6.13. The molecule has 2 aromatic rings. The summed E-state index contributed by atoms with van der Waals surface area (Å²) < 4.78 is 23.2. The van der Waals surface area contributed by atoms with Crippen molar-refractivity contribution >= 4 is 43.2 Å². The molecular weight excluding hydrogens is 364 g/mol. The van der Waals surface area contributed by atoms with Gasteiger partial charge in [-0.1, -0.05) is 33.6 Å². The molecule has 2 aromatic carbocycles. The lowest BCUT2D eigenvalue weighted by atomic mass is 10.2. The summed E-state index contributed by atoms with van der Waals surface area (Å²) in [7, 11) is -3.65. The normalized spacial score (nSPS) is 11.3. The maximum absolute atomic E-state index is 11.1. The van der Waals surface area contributed by atoms with E-state index in [1.807, 2.05) is 18.2 Å². The molecule has 0 atom stereocenters. The van der Waals surface area contributed by atoms with Gasteiger partial charge in [0.15, 0.2) is 0 Å². The maximum Gasteiger partial charge on any atom is 0.238 e.